The van der Waals surface area contributed by atoms with Gasteiger partial charge in [-0.15, -0.1) is 9.34 Å². The molecule has 0 saturated carbocycles. The Bertz CT molecular complexity index is 534. The van der Waals surface area contributed by atoms with E-state index < -0.39 is 7.71 Å². The summed E-state index contributed by atoms with van der Waals surface area (Å²) in [6.07, 6.45) is 1.98. The van der Waals surface area contributed by atoms with Crippen LogP contribution >= 0.6 is 19.3 Å². The van der Waals surface area contributed by atoms with Gasteiger partial charge in [0.05, 0.1) is 6.21 Å². The van der Waals surface area contributed by atoms with Crippen LogP contribution in [-0.2, 0) is 0 Å². The molecule has 0 aliphatic rings. The van der Waals surface area contributed by atoms with Crippen LogP contribution in [0.2, 0.25) is 5.02 Å². The highest BCUT2D eigenvalue weighted by Crippen LogP contribution is 2.66. The molecule has 3 nitrogen and oxygen atoms in total. The lowest BCUT2D eigenvalue weighted by Crippen LogP contribution is -2.47. The van der Waals surface area contributed by atoms with Crippen LogP contribution in [0.3, 0.4) is 0 Å². The monoisotopic (exact) mass is 384 g/mol. The van der Waals surface area contributed by atoms with Crippen molar-refractivity contribution >= 4 is 25.5 Å². The molecule has 1 aromatic rings. The lowest BCUT2D eigenvalue weighted by molar-refractivity contribution is 0.246. The van der Waals surface area contributed by atoms with E-state index in [0.717, 1.165) is 10.6 Å². The fraction of sp³-hybridized carbons (Fsp3) is 0.650. The van der Waals surface area contributed by atoms with Crippen LogP contribution in [0, 0.1) is 0 Å². The number of rotatable bonds is 8. The van der Waals surface area contributed by atoms with Crippen molar-refractivity contribution in [1.82, 2.24) is 9.34 Å². The first-order valence-corrected chi connectivity index (χ1v) is 11.7. The molecule has 142 valence electrons. The topological polar surface area (TPSA) is 18.8 Å². The summed E-state index contributed by atoms with van der Waals surface area (Å²) in [4.78, 5) is 0. The molecule has 1 rings (SSSR count). The van der Waals surface area contributed by atoms with E-state index in [0.29, 0.717) is 24.2 Å². The van der Waals surface area contributed by atoms with E-state index in [1.54, 1.807) is 0 Å². The SMILES string of the molecule is CC(C)N(C(C)C)[P+](C)(/N=C/c1ccccc1Cl)N(C(C)C)C(C)C. The van der Waals surface area contributed by atoms with Gasteiger partial charge in [0.2, 0.25) is 0 Å². The number of hydrogen-bond donors (Lipinski definition) is 0. The van der Waals surface area contributed by atoms with Crippen molar-refractivity contribution in [3.05, 3.63) is 34.9 Å². The van der Waals surface area contributed by atoms with Crippen LogP contribution in [0.25, 0.3) is 0 Å². The van der Waals surface area contributed by atoms with Crippen molar-refractivity contribution in [3.63, 3.8) is 0 Å². The van der Waals surface area contributed by atoms with Crippen LogP contribution < -0.4 is 0 Å². The molecule has 0 aliphatic heterocycles. The maximum Gasteiger partial charge on any atom is 0.273 e. The van der Waals surface area contributed by atoms with Crippen molar-refractivity contribution < 1.29 is 0 Å². The molecule has 0 radical (unpaired) electrons. The summed E-state index contributed by atoms with van der Waals surface area (Å²) in [5, 5.41) is 0.749. The molecule has 5 heteroatoms. The molecule has 0 aromatic heterocycles. The first kappa shape index (κ1) is 22.6. The Kier molecular flexibility index (Phi) is 8.54. The molecular weight excluding hydrogens is 349 g/mol. The molecule has 0 bridgehead atoms. The molecule has 0 fully saturated rings. The third-order valence-electron chi connectivity index (χ3n) is 4.31. The van der Waals surface area contributed by atoms with E-state index in [1.807, 2.05) is 30.5 Å². The Hall–Kier alpha value is -0.470. The highest BCUT2D eigenvalue weighted by Gasteiger charge is 2.51. The van der Waals surface area contributed by atoms with Crippen molar-refractivity contribution in [3.8, 4) is 0 Å². The summed E-state index contributed by atoms with van der Waals surface area (Å²) >= 11 is 6.36. The molecule has 0 N–H and O–H groups in total. The number of halogens is 1. The quantitative estimate of drug-likeness (QED) is 0.382. The van der Waals surface area contributed by atoms with Gasteiger partial charge in [0, 0.05) is 34.8 Å². The van der Waals surface area contributed by atoms with Gasteiger partial charge < -0.3 is 0 Å². The number of benzene rings is 1. The van der Waals surface area contributed by atoms with E-state index in [4.69, 9.17) is 16.4 Å². The second kappa shape index (κ2) is 9.46. The largest absolute Gasteiger partial charge is 0.273 e. The van der Waals surface area contributed by atoms with Gasteiger partial charge in [-0.2, -0.15) is 0 Å². The zero-order valence-corrected chi connectivity index (χ0v) is 19.0. The zero-order valence-electron chi connectivity index (χ0n) is 17.4. The zero-order chi connectivity index (χ0) is 19.4. The maximum absolute atomic E-state index is 6.36. The van der Waals surface area contributed by atoms with Crippen LogP contribution in [0.4, 0.5) is 0 Å². The molecule has 25 heavy (non-hydrogen) atoms. The standard InChI is InChI=1S/C20H36ClN3P/c1-15(2)23(16(3)4)25(9,24(17(5)6)18(7)8)22-14-19-12-10-11-13-20(19)21/h10-18H,1-9H3/q+1/b22-14+. The van der Waals surface area contributed by atoms with Gasteiger partial charge in [-0.25, -0.2) is 0 Å². The van der Waals surface area contributed by atoms with E-state index in [1.165, 1.54) is 0 Å². The lowest BCUT2D eigenvalue weighted by atomic mass is 10.2. The van der Waals surface area contributed by atoms with Gasteiger partial charge >= 0.3 is 0 Å². The fourth-order valence-electron chi connectivity index (χ4n) is 3.93. The van der Waals surface area contributed by atoms with Gasteiger partial charge in [-0.1, -0.05) is 34.6 Å². The van der Waals surface area contributed by atoms with Crippen LogP contribution in [0.5, 0.6) is 0 Å². The van der Waals surface area contributed by atoms with Crippen LogP contribution in [-0.4, -0.2) is 46.4 Å². The van der Waals surface area contributed by atoms with Gasteiger partial charge in [-0.3, -0.25) is 0 Å². The smallest absolute Gasteiger partial charge is 0.138 e. The molecular formula is C20H36ClN3P+. The van der Waals surface area contributed by atoms with Gasteiger partial charge in [-0.05, 0) is 61.5 Å². The minimum absolute atomic E-state index is 0.418. The third kappa shape index (κ3) is 5.50. The Morgan fingerprint density at radius 2 is 1.24 bits per heavy atom. The van der Waals surface area contributed by atoms with E-state index >= 15 is 0 Å². The Labute approximate surface area is 161 Å². The average Bonchev–Trinajstić information content (AvgIpc) is 2.44. The highest BCUT2D eigenvalue weighted by molar-refractivity contribution is 7.69. The highest BCUT2D eigenvalue weighted by atomic mass is 35.5. The summed E-state index contributed by atoms with van der Waals surface area (Å²) < 4.78 is 10.4. The minimum Gasteiger partial charge on any atom is -0.138 e. The van der Waals surface area contributed by atoms with Gasteiger partial charge in [0.1, 0.15) is 6.66 Å². The van der Waals surface area contributed by atoms with Crippen molar-refractivity contribution in [2.45, 2.75) is 79.6 Å². The lowest BCUT2D eigenvalue weighted by Gasteiger charge is -2.44. The van der Waals surface area contributed by atoms with Crippen molar-refractivity contribution in [1.29, 1.82) is 0 Å². The molecule has 0 aliphatic carbocycles. The van der Waals surface area contributed by atoms with E-state index in [2.05, 4.69) is 71.4 Å². The first-order chi connectivity index (χ1) is 11.5. The summed E-state index contributed by atoms with van der Waals surface area (Å²) in [7, 11) is -1.92. The van der Waals surface area contributed by atoms with Crippen molar-refractivity contribution in [2.24, 2.45) is 4.76 Å². The van der Waals surface area contributed by atoms with Gasteiger partial charge in [0.25, 0.3) is 7.71 Å². The normalized spacial score (nSPS) is 13.6. The first-order valence-electron chi connectivity index (χ1n) is 9.26. The summed E-state index contributed by atoms with van der Waals surface area (Å²) in [6.45, 7) is 20.5. The molecule has 0 heterocycles. The molecule has 0 saturated heterocycles. The average molecular weight is 385 g/mol. The Morgan fingerprint density at radius 1 is 0.840 bits per heavy atom. The van der Waals surface area contributed by atoms with Crippen LogP contribution in [0.1, 0.15) is 61.0 Å². The number of hydrogen-bond acceptors (Lipinski definition) is 3. The second-order valence-corrected chi connectivity index (χ2v) is 11.1. The van der Waals surface area contributed by atoms with Gasteiger partial charge in [0.15, 0.2) is 0 Å². The Balaban J connectivity index is 3.48. The molecule has 0 atom stereocenters. The molecule has 0 spiro atoms. The molecule has 1 aromatic carbocycles. The minimum atomic E-state index is -1.92. The maximum atomic E-state index is 6.36. The fourth-order valence-corrected chi connectivity index (χ4v) is 8.44. The summed E-state index contributed by atoms with van der Waals surface area (Å²) in [5.41, 5.74) is 0.982. The second-order valence-electron chi connectivity index (χ2n) is 7.77. The number of nitrogens with zero attached hydrogens (tertiary/aromatic N) is 3. The molecule has 0 unspecified atom stereocenters. The predicted molar refractivity (Wildman–Crippen MR) is 116 cm³/mol. The third-order valence-corrected chi connectivity index (χ3v) is 8.81. The predicted octanol–water partition coefficient (Wildman–Crippen LogP) is 6.39. The molecule has 0 amide bonds. The summed E-state index contributed by atoms with van der Waals surface area (Å²) in [5.74, 6) is 0. The Morgan fingerprint density at radius 3 is 1.60 bits per heavy atom. The van der Waals surface area contributed by atoms with Crippen LogP contribution in [0.15, 0.2) is 29.0 Å². The summed E-state index contributed by atoms with van der Waals surface area (Å²) in [6, 6.07) is 9.59. The van der Waals surface area contributed by atoms with Crippen molar-refractivity contribution in [2.75, 3.05) is 6.66 Å². The van der Waals surface area contributed by atoms with E-state index in [9.17, 15) is 0 Å². The van der Waals surface area contributed by atoms with E-state index in [-0.39, 0.29) is 0 Å².